The van der Waals surface area contributed by atoms with E-state index >= 15 is 0 Å². The van der Waals surface area contributed by atoms with Crippen LogP contribution in [0.1, 0.15) is 124 Å². The first-order chi connectivity index (χ1) is 34.3. The van der Waals surface area contributed by atoms with Crippen molar-refractivity contribution < 1.29 is 0 Å². The van der Waals surface area contributed by atoms with E-state index in [9.17, 15) is 0 Å². The third kappa shape index (κ3) is 7.14. The molecule has 0 N–H and O–H groups in total. The molecule has 3 heterocycles. The van der Waals surface area contributed by atoms with Crippen LogP contribution in [0.15, 0.2) is 176 Å². The molecule has 0 saturated heterocycles. The number of fused-ring (bicyclic) bond motifs is 7. The fourth-order valence-electron chi connectivity index (χ4n) is 13.2. The second kappa shape index (κ2) is 16.4. The molecule has 0 amide bonds. The summed E-state index contributed by atoms with van der Waals surface area (Å²) in [4.78, 5) is 8.12. The predicted octanol–water partition coefficient (Wildman–Crippen LogP) is 16.7. The maximum atomic E-state index is 2.81. The summed E-state index contributed by atoms with van der Waals surface area (Å²) >= 11 is 0. The van der Waals surface area contributed by atoms with E-state index in [1.807, 2.05) is 0 Å². The third-order valence-electron chi connectivity index (χ3n) is 17.5. The molecule has 3 aliphatic heterocycles. The molecule has 8 aromatic rings. The summed E-state index contributed by atoms with van der Waals surface area (Å²) in [5.74, 6) is 0. The molecular formula is C68H70BN3. The van der Waals surface area contributed by atoms with E-state index in [0.717, 1.165) is 12.8 Å². The Bertz CT molecular complexity index is 3420. The van der Waals surface area contributed by atoms with Crippen LogP contribution in [-0.4, -0.2) is 12.3 Å². The number of rotatable bonds is 5. The van der Waals surface area contributed by atoms with Gasteiger partial charge in [0.25, 0.3) is 6.71 Å². The quantitative estimate of drug-likeness (QED) is 0.159. The van der Waals surface area contributed by atoms with E-state index in [1.54, 1.807) is 0 Å². The fourth-order valence-corrected chi connectivity index (χ4v) is 13.2. The van der Waals surface area contributed by atoms with Crippen LogP contribution in [0.4, 0.5) is 45.5 Å². The van der Waals surface area contributed by atoms with Crippen LogP contribution in [-0.2, 0) is 21.7 Å². The summed E-state index contributed by atoms with van der Waals surface area (Å²) in [5, 5.41) is 0. The Labute approximate surface area is 430 Å². The normalized spacial score (nSPS) is 19.1. The molecule has 8 aromatic carbocycles. The van der Waals surface area contributed by atoms with Crippen molar-refractivity contribution in [2.75, 3.05) is 14.7 Å². The molecule has 0 bridgehead atoms. The summed E-state index contributed by atoms with van der Waals surface area (Å²) in [6.07, 6.45) is 4.70. The highest BCUT2D eigenvalue weighted by atomic mass is 15.3. The molecule has 3 nitrogen and oxygen atoms in total. The Morgan fingerprint density at radius 2 is 0.986 bits per heavy atom. The molecule has 12 rings (SSSR count). The molecular weight excluding hydrogens is 870 g/mol. The van der Waals surface area contributed by atoms with Crippen molar-refractivity contribution in [1.29, 1.82) is 0 Å². The van der Waals surface area contributed by atoms with Gasteiger partial charge in [-0.15, -0.1) is 0 Å². The van der Waals surface area contributed by atoms with Gasteiger partial charge in [-0.1, -0.05) is 197 Å². The first-order valence-corrected chi connectivity index (χ1v) is 26.7. The van der Waals surface area contributed by atoms with Gasteiger partial charge in [-0.25, -0.2) is 0 Å². The topological polar surface area (TPSA) is 9.72 Å². The molecule has 1 saturated carbocycles. The molecule has 360 valence electrons. The van der Waals surface area contributed by atoms with E-state index in [-0.39, 0.29) is 33.9 Å². The zero-order valence-corrected chi connectivity index (χ0v) is 44.5. The Hall–Kier alpha value is -6.78. The van der Waals surface area contributed by atoms with Crippen molar-refractivity contribution in [3.05, 3.63) is 198 Å². The summed E-state index contributed by atoms with van der Waals surface area (Å²) in [5.41, 5.74) is 24.1. The largest absolute Gasteiger partial charge is 0.334 e. The summed E-state index contributed by atoms with van der Waals surface area (Å²) in [6.45, 7) is 26.2. The molecule has 72 heavy (non-hydrogen) atoms. The van der Waals surface area contributed by atoms with E-state index in [4.69, 9.17) is 0 Å². The summed E-state index contributed by atoms with van der Waals surface area (Å²) in [6, 6.07) is 68.1. The minimum Gasteiger partial charge on any atom is -0.334 e. The monoisotopic (exact) mass is 940 g/mol. The van der Waals surface area contributed by atoms with Gasteiger partial charge in [0.1, 0.15) is 0 Å². The second-order valence-electron chi connectivity index (χ2n) is 25.0. The number of hydrogen-bond acceptors (Lipinski definition) is 3. The highest BCUT2D eigenvalue weighted by molar-refractivity contribution is 7.00. The zero-order chi connectivity index (χ0) is 50.1. The van der Waals surface area contributed by atoms with Crippen LogP contribution in [0.5, 0.6) is 0 Å². The number of hydrogen-bond donors (Lipinski definition) is 0. The molecule has 1 fully saturated rings. The van der Waals surface area contributed by atoms with Crippen molar-refractivity contribution in [3.63, 3.8) is 0 Å². The van der Waals surface area contributed by atoms with Crippen molar-refractivity contribution >= 4 is 68.6 Å². The second-order valence-corrected chi connectivity index (χ2v) is 25.0. The van der Waals surface area contributed by atoms with Gasteiger partial charge in [-0.3, -0.25) is 0 Å². The van der Waals surface area contributed by atoms with Gasteiger partial charge in [-0.2, -0.15) is 0 Å². The SMILES string of the molecule is CC(C)(C)c1cccc(N2c3cc(C(C)(C)C)ccc3B3c4ccccc4N(c4ccc(C(C)(C)C)cc4-c4ccccc4)c4cc(N5c6ccc(-c7ccccc7)cc6C6(C)CCCCC56C)cc2c43)c1. The van der Waals surface area contributed by atoms with Crippen LogP contribution in [0, 0.1) is 0 Å². The maximum absolute atomic E-state index is 2.81. The van der Waals surface area contributed by atoms with Gasteiger partial charge >= 0.3 is 0 Å². The molecule has 2 unspecified atom stereocenters. The van der Waals surface area contributed by atoms with Crippen molar-refractivity contribution in [1.82, 2.24) is 0 Å². The van der Waals surface area contributed by atoms with E-state index in [2.05, 4.69) is 267 Å². The highest BCUT2D eigenvalue weighted by Crippen LogP contribution is 2.62. The van der Waals surface area contributed by atoms with Crippen molar-refractivity contribution in [2.45, 2.75) is 129 Å². The van der Waals surface area contributed by atoms with Crippen LogP contribution in [0.3, 0.4) is 0 Å². The minimum atomic E-state index is -0.173. The lowest BCUT2D eigenvalue weighted by Crippen LogP contribution is -2.61. The Morgan fingerprint density at radius 3 is 1.69 bits per heavy atom. The van der Waals surface area contributed by atoms with Gasteiger partial charge in [0.2, 0.25) is 0 Å². The van der Waals surface area contributed by atoms with Crippen molar-refractivity contribution in [3.8, 4) is 22.3 Å². The van der Waals surface area contributed by atoms with Crippen LogP contribution < -0.4 is 31.1 Å². The molecule has 0 radical (unpaired) electrons. The first kappa shape index (κ1) is 46.3. The van der Waals surface area contributed by atoms with Crippen LogP contribution in [0.25, 0.3) is 22.3 Å². The molecule has 0 spiro atoms. The lowest BCUT2D eigenvalue weighted by atomic mass is 9.33. The molecule has 2 atom stereocenters. The van der Waals surface area contributed by atoms with Gasteiger partial charge in [0.15, 0.2) is 0 Å². The minimum absolute atomic E-state index is 0.00594. The molecule has 4 heteroatoms. The predicted molar refractivity (Wildman–Crippen MR) is 310 cm³/mol. The number of anilines is 8. The molecule has 4 aliphatic rings. The Kier molecular flexibility index (Phi) is 10.5. The van der Waals surface area contributed by atoms with E-state index in [0.29, 0.717) is 0 Å². The van der Waals surface area contributed by atoms with Crippen LogP contribution >= 0.6 is 0 Å². The highest BCUT2D eigenvalue weighted by Gasteiger charge is 2.58. The Balaban J connectivity index is 1.21. The van der Waals surface area contributed by atoms with Crippen LogP contribution in [0.2, 0.25) is 0 Å². The summed E-state index contributed by atoms with van der Waals surface area (Å²) in [7, 11) is 0. The maximum Gasteiger partial charge on any atom is 0.252 e. The zero-order valence-electron chi connectivity index (χ0n) is 44.5. The lowest BCUT2D eigenvalue weighted by molar-refractivity contribution is 0.195. The van der Waals surface area contributed by atoms with Crippen molar-refractivity contribution in [2.24, 2.45) is 0 Å². The average molecular weight is 940 g/mol. The van der Waals surface area contributed by atoms with E-state index in [1.165, 1.54) is 119 Å². The number of nitrogens with zero attached hydrogens (tertiary/aromatic N) is 3. The Morgan fingerprint density at radius 1 is 0.403 bits per heavy atom. The average Bonchev–Trinajstić information content (AvgIpc) is 3.58. The smallest absolute Gasteiger partial charge is 0.252 e. The van der Waals surface area contributed by atoms with Gasteiger partial charge < -0.3 is 14.7 Å². The number of para-hydroxylation sites is 1. The lowest BCUT2D eigenvalue weighted by Gasteiger charge is -2.51. The van der Waals surface area contributed by atoms with Gasteiger partial charge in [0.05, 0.1) is 11.2 Å². The van der Waals surface area contributed by atoms with E-state index < -0.39 is 0 Å². The summed E-state index contributed by atoms with van der Waals surface area (Å²) < 4.78 is 0. The van der Waals surface area contributed by atoms with Gasteiger partial charge in [-0.05, 0) is 152 Å². The molecule has 1 aliphatic carbocycles. The van der Waals surface area contributed by atoms with Gasteiger partial charge in [0, 0.05) is 50.8 Å². The fraction of sp³-hybridized carbons (Fsp3) is 0.294. The third-order valence-corrected chi connectivity index (χ3v) is 17.5. The standard InChI is InChI=1S/C68H70BN3/c1-64(2,3)48-27-22-28-51(40-48)70-60-42-50(66(7,8)9)32-34-56(60)69-55-29-18-19-30-59(55)71(57-36-33-49(65(4,5)6)41-53(57)46-25-16-13-17-26-46)62-44-52(43-61(70)63(62)69)72-58-35-31-47(45-23-14-12-15-24-45)39-54(58)67(10)37-20-21-38-68(67,72)11/h12-19,22-36,39-44H,20-21,37-38H2,1-11H3. The molecule has 0 aromatic heterocycles. The first-order valence-electron chi connectivity index (χ1n) is 26.7. The number of benzene rings is 8.